The third kappa shape index (κ3) is 12.8. The number of anilines is 1. The monoisotopic (exact) mass is 796 g/mol. The summed E-state index contributed by atoms with van der Waals surface area (Å²) in [5.41, 5.74) is 5.51. The summed E-state index contributed by atoms with van der Waals surface area (Å²) in [5, 5.41) is 14.1. The number of esters is 1. The topological polar surface area (TPSA) is 173 Å². The molecule has 0 saturated carbocycles. The molecule has 0 spiro atoms. The maximum atomic E-state index is 14.7. The molecule has 5 rings (SSSR count). The predicted molar refractivity (Wildman–Crippen MR) is 213 cm³/mol. The number of aliphatic hydroxyl groups excluding tert-OH is 1. The number of nitrogens with zero attached hydrogens (tertiary/aromatic N) is 4. The van der Waals surface area contributed by atoms with Crippen molar-refractivity contribution in [1.82, 2.24) is 24.6 Å². The molecular formula is C41H58FN6O7P. The molecule has 1 unspecified atom stereocenters. The molecule has 13 nitrogen and oxygen atoms in total. The fraction of sp³-hybridized carbons (Fsp3) is 0.561. The van der Waals surface area contributed by atoms with Crippen molar-refractivity contribution in [3.8, 4) is 5.75 Å². The second-order valence-corrected chi connectivity index (χ2v) is 16.5. The number of ether oxygens (including phenoxy) is 2. The van der Waals surface area contributed by atoms with Gasteiger partial charge in [0.15, 0.2) is 17.0 Å². The summed E-state index contributed by atoms with van der Waals surface area (Å²) < 4.78 is 54.2. The van der Waals surface area contributed by atoms with Crippen LogP contribution in [0, 0.1) is 6.08 Å². The van der Waals surface area contributed by atoms with Crippen molar-refractivity contribution in [1.29, 1.82) is 0 Å². The quantitative estimate of drug-likeness (QED) is 0.0253. The van der Waals surface area contributed by atoms with Crippen molar-refractivity contribution >= 4 is 30.7 Å². The molecule has 15 heteroatoms. The van der Waals surface area contributed by atoms with Gasteiger partial charge >= 0.3 is 19.8 Å². The normalized spacial score (nSPS) is 19.9. The number of para-hydroxylation sites is 1. The Bertz CT molecular complexity index is 1840. The number of carbonyl (C=O) groups is 1. The number of hydrogen-bond acceptors (Lipinski definition) is 11. The van der Waals surface area contributed by atoms with Crippen molar-refractivity contribution in [2.75, 3.05) is 18.9 Å². The van der Waals surface area contributed by atoms with E-state index in [1.807, 2.05) is 30.3 Å². The number of nitrogens with two attached hydrogens (primary N) is 1. The molecule has 306 valence electrons. The minimum Gasteiger partial charge on any atom is -0.465 e. The van der Waals surface area contributed by atoms with Gasteiger partial charge in [-0.2, -0.15) is 19.4 Å². The van der Waals surface area contributed by atoms with Crippen LogP contribution in [0.3, 0.4) is 0 Å². The van der Waals surface area contributed by atoms with Crippen LogP contribution < -0.4 is 15.3 Å². The summed E-state index contributed by atoms with van der Waals surface area (Å²) in [6.07, 6.45) is 14.3. The molecule has 1 aliphatic rings. The standard InChI is InChI=1S/C41H58FN6O7P/c1-3-4-5-6-7-8-9-10-11-12-13-14-21-26-52-39(50)33(27-31-22-17-15-18-23-31)47-56(51,55-32-24-19-16-20-25-32)53-29-41(2)34(49)28-35(54-41)48-30-44-36-37(43)45-40(42)46-38(36)48/h15-20,22-25,30,33-35,49H,3-14,21,26-29H2,1-2H3,(H,47,51)(H2,43,45,46)/t33-,34-,35+,41+,56?/m0/s1. The second-order valence-electron chi connectivity index (χ2n) is 14.8. The van der Waals surface area contributed by atoms with Crippen molar-refractivity contribution in [3.05, 3.63) is 78.6 Å². The first-order valence-electron chi connectivity index (χ1n) is 20.1. The molecule has 3 heterocycles. The molecule has 0 amide bonds. The summed E-state index contributed by atoms with van der Waals surface area (Å²) in [7, 11) is -4.36. The van der Waals surface area contributed by atoms with E-state index >= 15 is 0 Å². The van der Waals surface area contributed by atoms with Crippen LogP contribution in [0.25, 0.3) is 11.2 Å². The highest BCUT2D eigenvalue weighted by Gasteiger charge is 2.48. The fourth-order valence-electron chi connectivity index (χ4n) is 6.84. The van der Waals surface area contributed by atoms with Crippen molar-refractivity contribution in [3.63, 3.8) is 0 Å². The molecular weight excluding hydrogens is 738 g/mol. The lowest BCUT2D eigenvalue weighted by Gasteiger charge is -2.31. The smallest absolute Gasteiger partial charge is 0.459 e. The second kappa shape index (κ2) is 21.5. The van der Waals surface area contributed by atoms with E-state index in [1.54, 1.807) is 37.3 Å². The van der Waals surface area contributed by atoms with Gasteiger partial charge in [-0.3, -0.25) is 13.9 Å². The van der Waals surface area contributed by atoms with Gasteiger partial charge < -0.3 is 24.8 Å². The van der Waals surface area contributed by atoms with Crippen LogP contribution in [0.5, 0.6) is 5.75 Å². The molecule has 4 aromatic rings. The number of hydrogen-bond donors (Lipinski definition) is 3. The third-order valence-electron chi connectivity index (χ3n) is 10.1. The largest absolute Gasteiger partial charge is 0.465 e. The van der Waals surface area contributed by atoms with Crippen LogP contribution in [0.4, 0.5) is 10.2 Å². The molecule has 2 aromatic heterocycles. The number of nitrogens with one attached hydrogen (secondary N) is 1. The summed E-state index contributed by atoms with van der Waals surface area (Å²) in [4.78, 5) is 25.2. The summed E-state index contributed by atoms with van der Waals surface area (Å²) in [6, 6.07) is 16.7. The van der Waals surface area contributed by atoms with E-state index in [4.69, 9.17) is 24.3 Å². The van der Waals surface area contributed by atoms with E-state index in [9.17, 15) is 18.9 Å². The molecule has 0 radical (unpaired) electrons. The molecule has 0 bridgehead atoms. The lowest BCUT2D eigenvalue weighted by atomic mass is 10.0. The van der Waals surface area contributed by atoms with Crippen LogP contribution in [-0.2, 0) is 29.8 Å². The molecule has 0 aliphatic carbocycles. The number of aromatic nitrogens is 4. The number of halogens is 1. The lowest BCUT2D eigenvalue weighted by molar-refractivity contribution is -0.146. The molecule has 1 fully saturated rings. The number of unbranched alkanes of at least 4 members (excludes halogenated alkanes) is 12. The number of benzene rings is 2. The molecule has 4 N–H and O–H groups in total. The maximum absolute atomic E-state index is 14.7. The Morgan fingerprint density at radius 2 is 1.59 bits per heavy atom. The highest BCUT2D eigenvalue weighted by Crippen LogP contribution is 2.48. The molecule has 1 saturated heterocycles. The molecule has 5 atom stereocenters. The van der Waals surface area contributed by atoms with Crippen LogP contribution in [0.1, 0.15) is 116 Å². The Balaban J connectivity index is 1.19. The Hall–Kier alpha value is -3.94. The SMILES string of the molecule is CCCCCCCCCCCCCCCOC(=O)[C@H](Cc1ccccc1)NP(=O)(OC[C@@]1(C)O[C@@H](n2cnc3c(N)nc(F)nc32)C[C@@H]1O)Oc1ccccc1. The van der Waals surface area contributed by atoms with Crippen molar-refractivity contribution in [2.24, 2.45) is 0 Å². The van der Waals surface area contributed by atoms with E-state index in [1.165, 1.54) is 68.7 Å². The van der Waals surface area contributed by atoms with E-state index < -0.39 is 50.4 Å². The van der Waals surface area contributed by atoms with Gasteiger partial charge in [-0.1, -0.05) is 133 Å². The fourth-order valence-corrected chi connectivity index (χ4v) is 8.42. The van der Waals surface area contributed by atoms with Gasteiger partial charge in [0, 0.05) is 6.42 Å². The Kier molecular flexibility index (Phi) is 16.6. The zero-order valence-electron chi connectivity index (χ0n) is 32.7. The number of imidazole rings is 1. The minimum atomic E-state index is -4.36. The Morgan fingerprint density at radius 3 is 2.23 bits per heavy atom. The Labute approximate surface area is 329 Å². The summed E-state index contributed by atoms with van der Waals surface area (Å²) in [6.45, 7) is 3.66. The maximum Gasteiger partial charge on any atom is 0.459 e. The number of fused-ring (bicyclic) bond motifs is 1. The first-order valence-corrected chi connectivity index (χ1v) is 21.6. The molecule has 1 aliphatic heterocycles. The number of carbonyl (C=O) groups excluding carboxylic acids is 1. The average molecular weight is 797 g/mol. The Morgan fingerprint density at radius 1 is 0.982 bits per heavy atom. The van der Waals surface area contributed by atoms with Gasteiger partial charge in [-0.05, 0) is 37.5 Å². The predicted octanol–water partition coefficient (Wildman–Crippen LogP) is 8.63. The zero-order valence-corrected chi connectivity index (χ0v) is 33.6. The first kappa shape index (κ1) is 43.2. The number of aliphatic hydroxyl groups is 1. The van der Waals surface area contributed by atoms with Gasteiger partial charge in [0.2, 0.25) is 0 Å². The summed E-state index contributed by atoms with van der Waals surface area (Å²) >= 11 is 0. The van der Waals surface area contributed by atoms with E-state index in [0.29, 0.717) is 0 Å². The number of rotatable bonds is 25. The van der Waals surface area contributed by atoms with Gasteiger partial charge in [0.1, 0.15) is 23.6 Å². The van der Waals surface area contributed by atoms with E-state index in [2.05, 4.69) is 27.0 Å². The van der Waals surface area contributed by atoms with Crippen molar-refractivity contribution in [2.45, 2.75) is 134 Å². The highest BCUT2D eigenvalue weighted by molar-refractivity contribution is 7.52. The number of nitrogen functional groups attached to an aromatic ring is 1. The van der Waals surface area contributed by atoms with Crippen LogP contribution >= 0.6 is 7.75 Å². The van der Waals surface area contributed by atoms with Crippen LogP contribution in [-0.4, -0.2) is 61.6 Å². The van der Waals surface area contributed by atoms with Gasteiger partial charge in [0.05, 0.1) is 25.6 Å². The van der Waals surface area contributed by atoms with Gasteiger partial charge in [-0.25, -0.2) is 9.55 Å². The third-order valence-corrected chi connectivity index (χ3v) is 11.7. The molecule has 2 aromatic carbocycles. The minimum absolute atomic E-state index is 0.0519. The van der Waals surface area contributed by atoms with Gasteiger partial charge in [-0.15, -0.1) is 0 Å². The highest BCUT2D eigenvalue weighted by atomic mass is 31.2. The van der Waals surface area contributed by atoms with Crippen LogP contribution in [0.2, 0.25) is 0 Å². The van der Waals surface area contributed by atoms with E-state index in [0.717, 1.165) is 31.2 Å². The van der Waals surface area contributed by atoms with E-state index in [-0.39, 0.29) is 42.2 Å². The lowest BCUT2D eigenvalue weighted by Crippen LogP contribution is -2.43. The zero-order chi connectivity index (χ0) is 39.8. The summed E-state index contributed by atoms with van der Waals surface area (Å²) in [5.74, 6) is -0.478. The average Bonchev–Trinajstić information content (AvgIpc) is 3.74. The van der Waals surface area contributed by atoms with Crippen LogP contribution in [0.15, 0.2) is 67.0 Å². The molecule has 56 heavy (non-hydrogen) atoms. The first-order chi connectivity index (χ1) is 27.1. The van der Waals surface area contributed by atoms with Gasteiger partial charge in [0.25, 0.3) is 0 Å². The van der Waals surface area contributed by atoms with Crippen molar-refractivity contribution < 1.29 is 37.4 Å².